The van der Waals surface area contributed by atoms with Gasteiger partial charge >= 0.3 is 7.12 Å². The van der Waals surface area contributed by atoms with Crippen molar-refractivity contribution in [2.45, 2.75) is 33.9 Å². The maximum absolute atomic E-state index is 11.4. The van der Waals surface area contributed by atoms with Crippen LogP contribution in [-0.2, 0) is 27.4 Å². The van der Waals surface area contributed by atoms with E-state index in [9.17, 15) is 14.6 Å². The van der Waals surface area contributed by atoms with Crippen molar-refractivity contribution in [2.24, 2.45) is 5.73 Å². The van der Waals surface area contributed by atoms with Gasteiger partial charge in [0.05, 0.1) is 6.61 Å². The Morgan fingerprint density at radius 2 is 2.05 bits per heavy atom. The zero-order valence-corrected chi connectivity index (χ0v) is 12.6. The number of hydrogen-bond donors (Lipinski definition) is 2. The number of rotatable bonds is 3. The Hall–Kier alpha value is -1.86. The third-order valence-electron chi connectivity index (χ3n) is 3.12. The summed E-state index contributed by atoms with van der Waals surface area (Å²) in [5, 5.41) is 9.76. The highest BCUT2D eigenvalue weighted by atomic mass is 16.5. The van der Waals surface area contributed by atoms with E-state index in [0.29, 0.717) is 19.7 Å². The van der Waals surface area contributed by atoms with Crippen LogP contribution in [0.15, 0.2) is 18.2 Å². The van der Waals surface area contributed by atoms with E-state index in [1.165, 1.54) is 6.92 Å². The fourth-order valence-electron chi connectivity index (χ4n) is 2.15. The molecule has 1 aromatic rings. The molecule has 0 atom stereocenters. The van der Waals surface area contributed by atoms with E-state index in [-0.39, 0.29) is 11.8 Å². The van der Waals surface area contributed by atoms with Gasteiger partial charge in [0, 0.05) is 26.9 Å². The van der Waals surface area contributed by atoms with Crippen molar-refractivity contribution in [3.63, 3.8) is 0 Å². The van der Waals surface area contributed by atoms with E-state index in [1.54, 1.807) is 11.8 Å². The Balaban J connectivity index is 0.000000491. The van der Waals surface area contributed by atoms with Crippen molar-refractivity contribution in [2.75, 3.05) is 6.54 Å². The second-order valence-corrected chi connectivity index (χ2v) is 4.80. The molecule has 21 heavy (non-hydrogen) atoms. The highest BCUT2D eigenvalue weighted by Crippen LogP contribution is 2.14. The summed E-state index contributed by atoms with van der Waals surface area (Å²) < 4.78 is 5.19. The first-order chi connectivity index (χ1) is 9.86. The molecule has 2 rings (SSSR count). The summed E-state index contributed by atoms with van der Waals surface area (Å²) in [5.41, 5.74) is 7.27. The van der Waals surface area contributed by atoms with Gasteiger partial charge in [0.25, 0.3) is 0 Å². The molecule has 7 heteroatoms. The molecule has 0 unspecified atom stereocenters. The average molecular weight is 292 g/mol. The maximum atomic E-state index is 11.4. The molecule has 0 saturated carbocycles. The molecule has 3 N–H and O–H groups in total. The molecule has 0 aliphatic carbocycles. The van der Waals surface area contributed by atoms with Gasteiger partial charge < -0.3 is 20.3 Å². The lowest BCUT2D eigenvalue weighted by Crippen LogP contribution is -2.36. The molecule has 114 valence electrons. The van der Waals surface area contributed by atoms with E-state index in [4.69, 9.17) is 4.65 Å². The van der Waals surface area contributed by atoms with Crippen molar-refractivity contribution in [3.05, 3.63) is 29.3 Å². The molecule has 1 aliphatic rings. The third-order valence-corrected chi connectivity index (χ3v) is 3.12. The molecule has 0 aromatic heterocycles. The maximum Gasteiger partial charge on any atom is 0.492 e. The number of carbonyl (C=O) groups is 2. The fraction of sp³-hybridized carbons (Fsp3) is 0.429. The average Bonchev–Trinajstić information content (AvgIpc) is 2.77. The van der Waals surface area contributed by atoms with Crippen LogP contribution in [0.3, 0.4) is 0 Å². The molecule has 0 radical (unpaired) electrons. The molecular formula is C14H21BN2O4. The largest absolute Gasteiger partial charge is 0.492 e. The number of amides is 2. The topological polar surface area (TPSA) is 92.9 Å². The zero-order valence-electron chi connectivity index (χ0n) is 12.6. The number of nitrogens with zero attached hydrogens (tertiary/aromatic N) is 1. The van der Waals surface area contributed by atoms with Crippen LogP contribution >= 0.6 is 0 Å². The lowest BCUT2D eigenvalue weighted by atomic mass is 9.76. The van der Waals surface area contributed by atoms with Crippen molar-refractivity contribution in [3.8, 4) is 0 Å². The normalized spacial score (nSPS) is 12.3. The molecule has 6 nitrogen and oxygen atoms in total. The molecule has 2 amide bonds. The smallest absolute Gasteiger partial charge is 0.423 e. The summed E-state index contributed by atoms with van der Waals surface area (Å²) in [6.07, 6.45) is 0. The van der Waals surface area contributed by atoms with Gasteiger partial charge in [-0.15, -0.1) is 0 Å². The SMILES string of the molecule is CC(N)=O.CCN(Cc1cccc2c1B(O)OC2)C(C)=O. The van der Waals surface area contributed by atoms with Crippen LogP contribution in [-0.4, -0.2) is 35.4 Å². The number of carbonyl (C=O) groups excluding carboxylic acids is 2. The van der Waals surface area contributed by atoms with E-state index in [2.05, 4.69) is 5.73 Å². The first-order valence-corrected chi connectivity index (χ1v) is 6.78. The second-order valence-electron chi connectivity index (χ2n) is 4.80. The van der Waals surface area contributed by atoms with Gasteiger partial charge in [0.2, 0.25) is 11.8 Å². The van der Waals surface area contributed by atoms with E-state index >= 15 is 0 Å². The van der Waals surface area contributed by atoms with Gasteiger partial charge in [-0.05, 0) is 23.5 Å². The van der Waals surface area contributed by atoms with Crippen LogP contribution in [0.1, 0.15) is 31.9 Å². The summed E-state index contributed by atoms with van der Waals surface area (Å²) in [6.45, 7) is 6.43. The number of hydrogen-bond acceptors (Lipinski definition) is 4. The number of benzene rings is 1. The van der Waals surface area contributed by atoms with Crippen LogP contribution in [0.25, 0.3) is 0 Å². The molecule has 1 heterocycles. The number of nitrogens with two attached hydrogens (primary N) is 1. The lowest BCUT2D eigenvalue weighted by molar-refractivity contribution is -0.129. The molecule has 1 aliphatic heterocycles. The van der Waals surface area contributed by atoms with E-state index in [1.807, 2.05) is 25.1 Å². The van der Waals surface area contributed by atoms with Crippen molar-refractivity contribution in [1.82, 2.24) is 4.90 Å². The van der Waals surface area contributed by atoms with Crippen LogP contribution in [0.4, 0.5) is 0 Å². The first-order valence-electron chi connectivity index (χ1n) is 6.78. The Labute approximate surface area is 125 Å². The van der Waals surface area contributed by atoms with Gasteiger partial charge in [-0.3, -0.25) is 9.59 Å². The standard InChI is InChI=1S/C12H16BNO3.C2H5NO/c1-3-14(9(2)15)7-10-5-4-6-11-8-17-13(16)12(10)11;1-2(3)4/h4-6,16H,3,7-8H2,1-2H3;1H3,(H2,3,4). The summed E-state index contributed by atoms with van der Waals surface area (Å²) in [5.74, 6) is -0.293. The van der Waals surface area contributed by atoms with Gasteiger partial charge in [-0.25, -0.2) is 0 Å². The Kier molecular flexibility index (Phi) is 6.39. The minimum atomic E-state index is -0.855. The van der Waals surface area contributed by atoms with Crippen molar-refractivity contribution in [1.29, 1.82) is 0 Å². The minimum absolute atomic E-state index is 0.0403. The highest BCUT2D eigenvalue weighted by Gasteiger charge is 2.30. The van der Waals surface area contributed by atoms with Gasteiger partial charge in [-0.1, -0.05) is 18.2 Å². The summed E-state index contributed by atoms with van der Waals surface area (Å²) >= 11 is 0. The van der Waals surface area contributed by atoms with E-state index in [0.717, 1.165) is 16.6 Å². The summed E-state index contributed by atoms with van der Waals surface area (Å²) in [7, 11) is -0.855. The van der Waals surface area contributed by atoms with Crippen molar-refractivity contribution < 1.29 is 19.3 Å². The molecule has 0 spiro atoms. The van der Waals surface area contributed by atoms with Crippen molar-refractivity contribution >= 4 is 24.4 Å². The minimum Gasteiger partial charge on any atom is -0.423 e. The molecule has 0 fully saturated rings. The first kappa shape index (κ1) is 17.2. The van der Waals surface area contributed by atoms with Gasteiger partial charge in [0.15, 0.2) is 0 Å². The third kappa shape index (κ3) is 4.88. The quantitative estimate of drug-likeness (QED) is 0.752. The second kappa shape index (κ2) is 7.80. The predicted molar refractivity (Wildman–Crippen MR) is 80.5 cm³/mol. The van der Waals surface area contributed by atoms with E-state index < -0.39 is 7.12 Å². The molecule has 1 aromatic carbocycles. The Morgan fingerprint density at radius 3 is 2.57 bits per heavy atom. The van der Waals surface area contributed by atoms with Crippen LogP contribution < -0.4 is 11.2 Å². The van der Waals surface area contributed by atoms with Crippen LogP contribution in [0.2, 0.25) is 0 Å². The summed E-state index contributed by atoms with van der Waals surface area (Å²) in [4.78, 5) is 22.4. The number of primary amides is 1. The van der Waals surface area contributed by atoms with Gasteiger partial charge in [0.1, 0.15) is 0 Å². The summed E-state index contributed by atoms with van der Waals surface area (Å²) in [6, 6.07) is 5.81. The number of fused-ring (bicyclic) bond motifs is 1. The molecule has 0 saturated heterocycles. The molecular weight excluding hydrogens is 271 g/mol. The lowest BCUT2D eigenvalue weighted by Gasteiger charge is -2.20. The fourth-order valence-corrected chi connectivity index (χ4v) is 2.15. The highest BCUT2D eigenvalue weighted by molar-refractivity contribution is 6.62. The monoisotopic (exact) mass is 292 g/mol. The Morgan fingerprint density at radius 1 is 1.43 bits per heavy atom. The van der Waals surface area contributed by atoms with Crippen LogP contribution in [0, 0.1) is 0 Å². The van der Waals surface area contributed by atoms with Gasteiger partial charge in [-0.2, -0.15) is 0 Å². The van der Waals surface area contributed by atoms with Crippen LogP contribution in [0.5, 0.6) is 0 Å². The Bertz CT molecular complexity index is 518. The zero-order chi connectivity index (χ0) is 16.0. The molecule has 0 bridgehead atoms. The predicted octanol–water partition coefficient (Wildman–Crippen LogP) is -0.236.